The molecule has 2 aromatic rings. The van der Waals surface area contributed by atoms with Gasteiger partial charge in [0.2, 0.25) is 0 Å². The van der Waals surface area contributed by atoms with Crippen LogP contribution in [0.5, 0.6) is 0 Å². The molecule has 21 heavy (non-hydrogen) atoms. The van der Waals surface area contributed by atoms with Gasteiger partial charge in [-0.25, -0.2) is 14.8 Å². The van der Waals surface area contributed by atoms with E-state index in [1.165, 1.54) is 24.5 Å². The molecular formula is C12H10F3N3O2S. The van der Waals surface area contributed by atoms with E-state index in [9.17, 15) is 18.0 Å². The number of thiazole rings is 1. The molecule has 112 valence electrons. The summed E-state index contributed by atoms with van der Waals surface area (Å²) in [6.45, 7) is 1.69. The summed E-state index contributed by atoms with van der Waals surface area (Å²) in [4.78, 5) is 19.4. The van der Waals surface area contributed by atoms with Crippen molar-refractivity contribution in [3.8, 4) is 0 Å². The zero-order chi connectivity index (χ0) is 15.6. The Kier molecular flexibility index (Phi) is 4.12. The fourth-order valence-electron chi connectivity index (χ4n) is 1.49. The van der Waals surface area contributed by atoms with Crippen molar-refractivity contribution in [3.05, 3.63) is 34.6 Å². The molecule has 2 rings (SSSR count). The minimum atomic E-state index is -4.48. The van der Waals surface area contributed by atoms with Crippen molar-refractivity contribution >= 4 is 28.1 Å². The van der Waals surface area contributed by atoms with E-state index >= 15 is 0 Å². The fourth-order valence-corrected chi connectivity index (χ4v) is 2.32. The van der Waals surface area contributed by atoms with Gasteiger partial charge in [0.15, 0.2) is 10.8 Å². The molecule has 5 nitrogen and oxygen atoms in total. The second-order valence-electron chi connectivity index (χ2n) is 3.97. The SMILES string of the molecule is COC(=O)c1nc(Nc2ccc(C(F)(F)F)nc2)sc1C. The van der Waals surface area contributed by atoms with Gasteiger partial charge in [-0.15, -0.1) is 11.3 Å². The average molecular weight is 317 g/mol. The number of pyridine rings is 1. The summed E-state index contributed by atoms with van der Waals surface area (Å²) >= 11 is 1.19. The predicted molar refractivity (Wildman–Crippen MR) is 70.7 cm³/mol. The van der Waals surface area contributed by atoms with Crippen LogP contribution in [0.25, 0.3) is 0 Å². The minimum Gasteiger partial charge on any atom is -0.464 e. The van der Waals surface area contributed by atoms with Gasteiger partial charge in [0.25, 0.3) is 0 Å². The summed E-state index contributed by atoms with van der Waals surface area (Å²) in [5.41, 5.74) is -0.461. The molecular weight excluding hydrogens is 307 g/mol. The quantitative estimate of drug-likeness (QED) is 0.879. The maximum Gasteiger partial charge on any atom is 0.433 e. The van der Waals surface area contributed by atoms with Gasteiger partial charge in [-0.1, -0.05) is 0 Å². The average Bonchev–Trinajstić information content (AvgIpc) is 2.78. The number of aryl methyl sites for hydroxylation is 1. The first-order valence-corrected chi connectivity index (χ1v) is 6.49. The third kappa shape index (κ3) is 3.48. The van der Waals surface area contributed by atoms with Gasteiger partial charge in [0.05, 0.1) is 19.0 Å². The molecule has 0 saturated heterocycles. The molecule has 0 unspecified atom stereocenters. The van der Waals surface area contributed by atoms with Crippen molar-refractivity contribution in [2.24, 2.45) is 0 Å². The summed E-state index contributed by atoms with van der Waals surface area (Å²) in [7, 11) is 1.24. The highest BCUT2D eigenvalue weighted by molar-refractivity contribution is 7.15. The van der Waals surface area contributed by atoms with Crippen LogP contribution in [0, 0.1) is 6.92 Å². The topological polar surface area (TPSA) is 64.1 Å². The third-order valence-electron chi connectivity index (χ3n) is 2.48. The highest BCUT2D eigenvalue weighted by atomic mass is 32.1. The highest BCUT2D eigenvalue weighted by Gasteiger charge is 2.32. The molecule has 2 aromatic heterocycles. The fraction of sp³-hybridized carbons (Fsp3) is 0.250. The Bertz CT molecular complexity index is 653. The van der Waals surface area contributed by atoms with Crippen LogP contribution < -0.4 is 5.32 Å². The molecule has 1 N–H and O–H groups in total. The van der Waals surface area contributed by atoms with Crippen molar-refractivity contribution in [1.29, 1.82) is 0 Å². The van der Waals surface area contributed by atoms with Crippen molar-refractivity contribution < 1.29 is 22.7 Å². The number of aromatic nitrogens is 2. The van der Waals surface area contributed by atoms with E-state index in [0.717, 1.165) is 12.3 Å². The summed E-state index contributed by atoms with van der Waals surface area (Å²) in [6, 6.07) is 2.11. The first-order valence-electron chi connectivity index (χ1n) is 5.67. The number of carbonyl (C=O) groups is 1. The van der Waals surface area contributed by atoms with Gasteiger partial charge >= 0.3 is 12.1 Å². The molecule has 0 aromatic carbocycles. The summed E-state index contributed by atoms with van der Waals surface area (Å²) in [5, 5.41) is 3.16. The molecule has 0 atom stereocenters. The second kappa shape index (κ2) is 5.68. The van der Waals surface area contributed by atoms with Gasteiger partial charge in [0.1, 0.15) is 5.69 Å². The number of carbonyl (C=O) groups excluding carboxylic acids is 1. The van der Waals surface area contributed by atoms with Crippen LogP contribution in [0.4, 0.5) is 24.0 Å². The van der Waals surface area contributed by atoms with E-state index in [2.05, 4.69) is 20.0 Å². The van der Waals surface area contributed by atoms with Gasteiger partial charge in [-0.2, -0.15) is 13.2 Å². The molecule has 9 heteroatoms. The van der Waals surface area contributed by atoms with Crippen molar-refractivity contribution in [2.75, 3.05) is 12.4 Å². The molecule has 0 saturated carbocycles. The van der Waals surface area contributed by atoms with Crippen LogP contribution in [0.1, 0.15) is 21.1 Å². The number of rotatable bonds is 3. The van der Waals surface area contributed by atoms with Crippen LogP contribution in [-0.4, -0.2) is 23.0 Å². The molecule has 0 amide bonds. The zero-order valence-electron chi connectivity index (χ0n) is 11.0. The van der Waals surface area contributed by atoms with Gasteiger partial charge < -0.3 is 10.1 Å². The van der Waals surface area contributed by atoms with Crippen LogP contribution in [-0.2, 0) is 10.9 Å². The zero-order valence-corrected chi connectivity index (χ0v) is 11.8. The van der Waals surface area contributed by atoms with E-state index < -0.39 is 17.8 Å². The number of esters is 1. The van der Waals surface area contributed by atoms with Crippen molar-refractivity contribution in [3.63, 3.8) is 0 Å². The molecule has 0 aliphatic carbocycles. The lowest BCUT2D eigenvalue weighted by Crippen LogP contribution is -2.07. The number of halogens is 3. The Morgan fingerprint density at radius 1 is 1.38 bits per heavy atom. The Morgan fingerprint density at radius 3 is 2.62 bits per heavy atom. The van der Waals surface area contributed by atoms with E-state index in [4.69, 9.17) is 0 Å². The summed E-state index contributed by atoms with van der Waals surface area (Å²) < 4.78 is 41.7. The van der Waals surface area contributed by atoms with Gasteiger partial charge in [0, 0.05) is 4.88 Å². The molecule has 0 aliphatic heterocycles. The molecule has 0 spiro atoms. The van der Waals surface area contributed by atoms with Crippen LogP contribution in [0.3, 0.4) is 0 Å². The first kappa shape index (κ1) is 15.2. The van der Waals surface area contributed by atoms with Gasteiger partial charge in [-0.05, 0) is 19.1 Å². The molecule has 0 bridgehead atoms. The third-order valence-corrected chi connectivity index (χ3v) is 3.37. The Morgan fingerprint density at radius 2 is 2.10 bits per heavy atom. The van der Waals surface area contributed by atoms with Crippen LogP contribution in [0.15, 0.2) is 18.3 Å². The normalized spacial score (nSPS) is 11.3. The number of ether oxygens (including phenoxy) is 1. The van der Waals surface area contributed by atoms with Crippen LogP contribution in [0.2, 0.25) is 0 Å². The summed E-state index contributed by atoms with van der Waals surface area (Å²) in [6.07, 6.45) is -3.42. The molecule has 2 heterocycles. The van der Waals surface area contributed by atoms with Gasteiger partial charge in [-0.3, -0.25) is 0 Å². The molecule has 0 radical (unpaired) electrons. The number of nitrogens with one attached hydrogen (secondary N) is 1. The lowest BCUT2D eigenvalue weighted by atomic mass is 10.3. The van der Waals surface area contributed by atoms with Crippen LogP contribution >= 0.6 is 11.3 Å². The van der Waals surface area contributed by atoms with E-state index in [-0.39, 0.29) is 5.69 Å². The standard InChI is InChI=1S/C12H10F3N3O2S/c1-6-9(10(19)20-2)18-11(21-6)17-7-3-4-8(16-5-7)12(13,14)15/h3-5H,1-2H3,(H,17,18). The maximum absolute atomic E-state index is 12.4. The Balaban J connectivity index is 2.17. The summed E-state index contributed by atoms with van der Waals surface area (Å²) in [5.74, 6) is -0.567. The molecule has 0 aliphatic rings. The number of methoxy groups -OCH3 is 1. The number of hydrogen-bond donors (Lipinski definition) is 1. The largest absolute Gasteiger partial charge is 0.464 e. The minimum absolute atomic E-state index is 0.171. The number of alkyl halides is 3. The van der Waals surface area contributed by atoms with Crippen molar-refractivity contribution in [2.45, 2.75) is 13.1 Å². The maximum atomic E-state index is 12.4. The second-order valence-corrected chi connectivity index (χ2v) is 5.17. The molecule has 0 fully saturated rings. The predicted octanol–water partition coefficient (Wildman–Crippen LogP) is 3.40. The van der Waals surface area contributed by atoms with E-state index in [1.807, 2.05) is 0 Å². The Hall–Kier alpha value is -2.16. The van der Waals surface area contributed by atoms with E-state index in [0.29, 0.717) is 15.7 Å². The lowest BCUT2D eigenvalue weighted by molar-refractivity contribution is -0.141. The van der Waals surface area contributed by atoms with Crippen molar-refractivity contribution in [1.82, 2.24) is 9.97 Å². The number of hydrogen-bond acceptors (Lipinski definition) is 6. The monoisotopic (exact) mass is 317 g/mol. The lowest BCUT2D eigenvalue weighted by Gasteiger charge is -2.06. The number of anilines is 2. The number of nitrogens with zero attached hydrogens (tertiary/aromatic N) is 2. The highest BCUT2D eigenvalue weighted by Crippen LogP contribution is 2.29. The first-order chi connectivity index (χ1) is 9.81. The van der Waals surface area contributed by atoms with E-state index in [1.54, 1.807) is 6.92 Å². The smallest absolute Gasteiger partial charge is 0.433 e. The Labute approximate surface area is 121 Å².